The molecule has 1 unspecified atom stereocenters. The molecule has 1 fully saturated rings. The van der Waals surface area contributed by atoms with E-state index in [0.29, 0.717) is 5.92 Å². The van der Waals surface area contributed by atoms with E-state index in [1.807, 2.05) is 26.1 Å². The summed E-state index contributed by atoms with van der Waals surface area (Å²) in [6.45, 7) is 8.27. The molecule has 17 heavy (non-hydrogen) atoms. The molecule has 0 bridgehead atoms. The molecule has 0 saturated carbocycles. The van der Waals surface area contributed by atoms with Gasteiger partial charge in [-0.1, -0.05) is 12.2 Å². The number of rotatable bonds is 4. The fourth-order valence-electron chi connectivity index (χ4n) is 2.07. The average molecular weight is 233 g/mol. The Hall–Kier alpha value is -1.22. The van der Waals surface area contributed by atoms with Crippen molar-refractivity contribution in [3.63, 3.8) is 0 Å². The average Bonchev–Trinajstić information content (AvgIpc) is 2.86. The van der Waals surface area contributed by atoms with Crippen molar-refractivity contribution in [2.45, 2.75) is 27.2 Å². The van der Waals surface area contributed by atoms with Crippen molar-refractivity contribution in [3.8, 4) is 0 Å². The monoisotopic (exact) mass is 233 g/mol. The molecule has 3 nitrogen and oxygen atoms in total. The van der Waals surface area contributed by atoms with Crippen LogP contribution in [-0.2, 0) is 0 Å². The SMILES string of the molecule is C\C=C(/N=C(C)/C(C=NC)=C/C)C1CCNC1. The highest BCUT2D eigenvalue weighted by Crippen LogP contribution is 2.20. The molecular weight excluding hydrogens is 210 g/mol. The van der Waals surface area contributed by atoms with Gasteiger partial charge < -0.3 is 5.32 Å². The Labute approximate surface area is 104 Å². The van der Waals surface area contributed by atoms with Gasteiger partial charge in [-0.05, 0) is 33.7 Å². The topological polar surface area (TPSA) is 36.8 Å². The molecule has 0 spiro atoms. The van der Waals surface area contributed by atoms with Gasteiger partial charge in [0.2, 0.25) is 0 Å². The molecule has 0 radical (unpaired) electrons. The number of nitrogens with one attached hydrogen (secondary N) is 1. The predicted molar refractivity (Wildman–Crippen MR) is 76.0 cm³/mol. The lowest BCUT2D eigenvalue weighted by molar-refractivity contribution is 0.672. The standard InChI is InChI=1S/C14H23N3/c1-5-12(9-15-4)11(3)17-14(6-2)13-7-8-16-10-13/h5-6,9,13,16H,7-8,10H2,1-4H3/b12-5+,14-6-,15-9?,17-11+. The molecule has 1 rings (SSSR count). The summed E-state index contributed by atoms with van der Waals surface area (Å²) in [5.74, 6) is 0.562. The molecule has 1 aliphatic rings. The number of allylic oxidation sites excluding steroid dienone is 3. The summed E-state index contributed by atoms with van der Waals surface area (Å²) in [5.41, 5.74) is 3.33. The van der Waals surface area contributed by atoms with Gasteiger partial charge in [0.15, 0.2) is 0 Å². The first-order chi connectivity index (χ1) is 8.22. The van der Waals surface area contributed by atoms with Crippen LogP contribution in [0.1, 0.15) is 27.2 Å². The zero-order chi connectivity index (χ0) is 12.7. The highest BCUT2D eigenvalue weighted by Gasteiger charge is 2.18. The van der Waals surface area contributed by atoms with Crippen LogP contribution in [0.5, 0.6) is 0 Å². The van der Waals surface area contributed by atoms with Gasteiger partial charge in [0, 0.05) is 42.7 Å². The van der Waals surface area contributed by atoms with Gasteiger partial charge in [-0.3, -0.25) is 9.98 Å². The van der Waals surface area contributed by atoms with Crippen LogP contribution in [0.15, 0.2) is 33.4 Å². The lowest BCUT2D eigenvalue weighted by Crippen LogP contribution is -2.11. The predicted octanol–water partition coefficient (Wildman–Crippen LogP) is 2.61. The first-order valence-electron chi connectivity index (χ1n) is 6.24. The van der Waals surface area contributed by atoms with Crippen molar-refractivity contribution in [2.24, 2.45) is 15.9 Å². The van der Waals surface area contributed by atoms with E-state index < -0.39 is 0 Å². The number of hydrogen-bond acceptors (Lipinski definition) is 3. The van der Waals surface area contributed by atoms with E-state index in [-0.39, 0.29) is 0 Å². The van der Waals surface area contributed by atoms with Crippen LogP contribution < -0.4 is 5.32 Å². The van der Waals surface area contributed by atoms with Crippen molar-refractivity contribution >= 4 is 11.9 Å². The molecule has 1 atom stereocenters. The minimum Gasteiger partial charge on any atom is -0.316 e. The Kier molecular flexibility index (Phi) is 5.84. The number of nitrogens with zero attached hydrogens (tertiary/aromatic N) is 2. The first-order valence-corrected chi connectivity index (χ1v) is 6.24. The van der Waals surface area contributed by atoms with E-state index >= 15 is 0 Å². The molecule has 94 valence electrons. The fraction of sp³-hybridized carbons (Fsp3) is 0.571. The van der Waals surface area contributed by atoms with Crippen LogP contribution in [0, 0.1) is 5.92 Å². The molecule has 0 aliphatic carbocycles. The molecule has 0 amide bonds. The van der Waals surface area contributed by atoms with Gasteiger partial charge in [0.05, 0.1) is 0 Å². The normalized spacial score (nSPS) is 23.8. The third-order valence-corrected chi connectivity index (χ3v) is 3.07. The molecule has 0 aromatic carbocycles. The smallest absolute Gasteiger partial charge is 0.0460 e. The Morgan fingerprint density at radius 3 is 2.53 bits per heavy atom. The molecule has 3 heteroatoms. The van der Waals surface area contributed by atoms with E-state index in [0.717, 1.165) is 24.4 Å². The molecular formula is C14H23N3. The lowest BCUT2D eigenvalue weighted by atomic mass is 10.0. The van der Waals surface area contributed by atoms with Gasteiger partial charge in [-0.15, -0.1) is 0 Å². The second-order valence-electron chi connectivity index (χ2n) is 4.23. The van der Waals surface area contributed by atoms with E-state index in [9.17, 15) is 0 Å². The molecule has 1 N–H and O–H groups in total. The Bertz CT molecular complexity index is 356. The zero-order valence-electron chi connectivity index (χ0n) is 11.3. The summed E-state index contributed by atoms with van der Waals surface area (Å²) in [5, 5.41) is 3.38. The van der Waals surface area contributed by atoms with Crippen LogP contribution in [0.25, 0.3) is 0 Å². The molecule has 0 aromatic rings. The Balaban J connectivity index is 2.84. The van der Waals surface area contributed by atoms with Crippen molar-refractivity contribution in [1.82, 2.24) is 5.32 Å². The largest absolute Gasteiger partial charge is 0.316 e. The molecule has 1 aliphatic heterocycles. The van der Waals surface area contributed by atoms with E-state index in [2.05, 4.69) is 23.3 Å². The summed E-state index contributed by atoms with van der Waals surface area (Å²) in [4.78, 5) is 8.80. The van der Waals surface area contributed by atoms with Crippen molar-refractivity contribution < 1.29 is 0 Å². The first kappa shape index (κ1) is 13.8. The number of hydrogen-bond donors (Lipinski definition) is 1. The zero-order valence-corrected chi connectivity index (χ0v) is 11.3. The second kappa shape index (κ2) is 7.17. The van der Waals surface area contributed by atoms with E-state index in [1.165, 1.54) is 12.1 Å². The van der Waals surface area contributed by atoms with E-state index in [1.54, 1.807) is 7.05 Å². The van der Waals surface area contributed by atoms with Crippen LogP contribution in [0.3, 0.4) is 0 Å². The van der Waals surface area contributed by atoms with Crippen molar-refractivity contribution in [3.05, 3.63) is 23.4 Å². The maximum atomic E-state index is 4.74. The minimum atomic E-state index is 0.562. The van der Waals surface area contributed by atoms with Crippen molar-refractivity contribution in [2.75, 3.05) is 20.1 Å². The molecule has 1 heterocycles. The minimum absolute atomic E-state index is 0.562. The second-order valence-corrected chi connectivity index (χ2v) is 4.23. The maximum Gasteiger partial charge on any atom is 0.0460 e. The van der Waals surface area contributed by atoms with Crippen LogP contribution >= 0.6 is 0 Å². The van der Waals surface area contributed by atoms with E-state index in [4.69, 9.17) is 4.99 Å². The highest BCUT2D eigenvalue weighted by atomic mass is 14.9. The van der Waals surface area contributed by atoms with Gasteiger partial charge in [-0.2, -0.15) is 0 Å². The summed E-state index contributed by atoms with van der Waals surface area (Å²) in [6, 6.07) is 0. The van der Waals surface area contributed by atoms with Gasteiger partial charge >= 0.3 is 0 Å². The Morgan fingerprint density at radius 2 is 2.06 bits per heavy atom. The van der Waals surface area contributed by atoms with Crippen LogP contribution in [-0.4, -0.2) is 32.1 Å². The fourth-order valence-corrected chi connectivity index (χ4v) is 2.07. The summed E-state index contributed by atoms with van der Waals surface area (Å²) < 4.78 is 0. The molecule has 0 aromatic heterocycles. The summed E-state index contributed by atoms with van der Waals surface area (Å²) in [6.07, 6.45) is 7.21. The van der Waals surface area contributed by atoms with Gasteiger partial charge in [0.25, 0.3) is 0 Å². The van der Waals surface area contributed by atoms with Gasteiger partial charge in [0.1, 0.15) is 0 Å². The van der Waals surface area contributed by atoms with Crippen molar-refractivity contribution in [1.29, 1.82) is 0 Å². The summed E-state index contributed by atoms with van der Waals surface area (Å²) in [7, 11) is 1.79. The molecule has 1 saturated heterocycles. The highest BCUT2D eigenvalue weighted by molar-refractivity contribution is 6.15. The van der Waals surface area contributed by atoms with Crippen LogP contribution in [0.4, 0.5) is 0 Å². The quantitative estimate of drug-likeness (QED) is 0.745. The van der Waals surface area contributed by atoms with Gasteiger partial charge in [-0.25, -0.2) is 0 Å². The maximum absolute atomic E-state index is 4.74. The Morgan fingerprint density at radius 1 is 1.29 bits per heavy atom. The third-order valence-electron chi connectivity index (χ3n) is 3.07. The summed E-state index contributed by atoms with van der Waals surface area (Å²) >= 11 is 0. The third kappa shape index (κ3) is 3.93. The number of aliphatic imine (C=N–C) groups is 2. The van der Waals surface area contributed by atoms with Crippen LogP contribution in [0.2, 0.25) is 0 Å². The lowest BCUT2D eigenvalue weighted by Gasteiger charge is -2.10.